The number of fused-ring (bicyclic) bond motifs is 1. The van der Waals surface area contributed by atoms with Crippen LogP contribution in [0.3, 0.4) is 0 Å². The van der Waals surface area contributed by atoms with Crippen LogP contribution >= 0.6 is 0 Å². The third-order valence-corrected chi connectivity index (χ3v) is 5.96. The number of aliphatic imine (C=N–C) groups is 1. The summed E-state index contributed by atoms with van der Waals surface area (Å²) in [6, 6.07) is 11.9. The lowest BCUT2D eigenvalue weighted by Gasteiger charge is -2.40. The molecule has 1 aliphatic heterocycles. The number of nitrogens with one attached hydrogen (secondary N) is 2. The Balaban J connectivity index is 1.55. The second-order valence-electron chi connectivity index (χ2n) is 8.38. The van der Waals surface area contributed by atoms with E-state index in [-0.39, 0.29) is 18.2 Å². The van der Waals surface area contributed by atoms with Crippen LogP contribution in [0.1, 0.15) is 63.3 Å². The van der Waals surface area contributed by atoms with E-state index in [1.54, 1.807) is 25.3 Å². The molecule has 2 aliphatic rings. The molecule has 1 spiro atoms. The summed E-state index contributed by atoms with van der Waals surface area (Å²) in [4.78, 5) is 4.67. The van der Waals surface area contributed by atoms with E-state index >= 15 is 0 Å². The van der Waals surface area contributed by atoms with Crippen LogP contribution in [0.15, 0.2) is 52.1 Å². The van der Waals surface area contributed by atoms with Crippen LogP contribution in [0.4, 0.5) is 0 Å². The number of guanidine groups is 1. The molecule has 0 radical (unpaired) electrons. The molecule has 6 heteroatoms. The van der Waals surface area contributed by atoms with Crippen molar-refractivity contribution in [2.75, 3.05) is 13.1 Å². The van der Waals surface area contributed by atoms with Gasteiger partial charge in [0, 0.05) is 18.5 Å². The highest BCUT2D eigenvalue weighted by atomic mass is 16.5. The summed E-state index contributed by atoms with van der Waals surface area (Å²) in [5.41, 5.74) is -0.0804. The van der Waals surface area contributed by atoms with Crippen molar-refractivity contribution in [3.05, 3.63) is 54.0 Å². The lowest BCUT2D eigenvalue weighted by atomic mass is 9.86. The van der Waals surface area contributed by atoms with Gasteiger partial charge in [-0.3, -0.25) is 0 Å². The average Bonchev–Trinajstić information content (AvgIpc) is 3.39. The van der Waals surface area contributed by atoms with Gasteiger partial charge >= 0.3 is 0 Å². The zero-order valence-electron chi connectivity index (χ0n) is 17.3. The maximum Gasteiger partial charge on any atom is 0.191 e. The van der Waals surface area contributed by atoms with Crippen LogP contribution in [-0.4, -0.2) is 29.8 Å². The molecule has 6 nitrogen and oxygen atoms in total. The number of hydrogen-bond donors (Lipinski definition) is 3. The van der Waals surface area contributed by atoms with E-state index in [0.717, 1.165) is 37.1 Å². The number of ether oxygens (including phenoxy) is 1. The number of hydrogen-bond acceptors (Lipinski definition) is 4. The minimum Gasteiger partial charge on any atom is -0.487 e. The minimum atomic E-state index is -1.16. The third-order valence-electron chi connectivity index (χ3n) is 5.96. The fourth-order valence-corrected chi connectivity index (χ4v) is 4.45. The van der Waals surface area contributed by atoms with Crippen molar-refractivity contribution >= 4 is 5.96 Å². The molecule has 2 atom stereocenters. The Labute approximate surface area is 172 Å². The Morgan fingerprint density at radius 3 is 2.76 bits per heavy atom. The molecule has 1 aromatic heterocycles. The summed E-state index contributed by atoms with van der Waals surface area (Å²) in [6.45, 7) is 4.70. The monoisotopic (exact) mass is 397 g/mol. The first kappa shape index (κ1) is 19.8. The number of nitrogens with zero attached hydrogens (tertiary/aromatic N) is 1. The highest BCUT2D eigenvalue weighted by Crippen LogP contribution is 2.46. The summed E-state index contributed by atoms with van der Waals surface area (Å²) < 4.78 is 11.8. The first-order chi connectivity index (χ1) is 14.0. The minimum absolute atomic E-state index is 0.0804. The van der Waals surface area contributed by atoms with Crippen LogP contribution in [0, 0.1) is 0 Å². The molecule has 2 heterocycles. The zero-order valence-corrected chi connectivity index (χ0v) is 17.3. The predicted octanol–water partition coefficient (Wildman–Crippen LogP) is 3.88. The molecule has 1 aromatic carbocycles. The first-order valence-corrected chi connectivity index (χ1v) is 10.6. The third kappa shape index (κ3) is 4.27. The predicted molar refractivity (Wildman–Crippen MR) is 113 cm³/mol. The highest BCUT2D eigenvalue weighted by molar-refractivity contribution is 5.80. The van der Waals surface area contributed by atoms with Crippen LogP contribution in [-0.2, 0) is 5.60 Å². The Morgan fingerprint density at radius 1 is 1.24 bits per heavy atom. The Bertz CT molecular complexity index is 839. The van der Waals surface area contributed by atoms with Gasteiger partial charge in [-0.05, 0) is 57.7 Å². The summed E-state index contributed by atoms with van der Waals surface area (Å²) >= 11 is 0. The van der Waals surface area contributed by atoms with Crippen LogP contribution in [0.2, 0.25) is 0 Å². The maximum atomic E-state index is 10.7. The number of para-hydroxylation sites is 1. The number of furan rings is 1. The zero-order chi connectivity index (χ0) is 20.3. The number of benzene rings is 1. The summed E-state index contributed by atoms with van der Waals surface area (Å²) in [5, 5.41) is 17.7. The van der Waals surface area contributed by atoms with Crippen molar-refractivity contribution in [3.8, 4) is 5.75 Å². The second kappa shape index (κ2) is 8.11. The van der Waals surface area contributed by atoms with Crippen LogP contribution < -0.4 is 15.4 Å². The van der Waals surface area contributed by atoms with Crippen molar-refractivity contribution in [3.63, 3.8) is 0 Å². The molecule has 0 saturated heterocycles. The molecular weight excluding hydrogens is 366 g/mol. The first-order valence-electron chi connectivity index (χ1n) is 10.6. The standard InChI is InChI=1S/C23H31N3O3/c1-3-24-21(25-16-22(2,27)20-11-8-14-28-20)26-18-15-23(12-6-7-13-23)29-19-10-5-4-9-17(18)19/h4-5,8-11,14,18,27H,3,6-7,12-13,15-16H2,1-2H3,(H2,24,25,26). The fraction of sp³-hybridized carbons (Fsp3) is 0.522. The average molecular weight is 398 g/mol. The lowest BCUT2D eigenvalue weighted by molar-refractivity contribution is 0.0387. The Kier molecular flexibility index (Phi) is 5.54. The molecule has 1 fully saturated rings. The SMILES string of the molecule is CCNC(=NCC(C)(O)c1ccco1)NC1CC2(CCCC2)Oc2ccccc21. The second-order valence-corrected chi connectivity index (χ2v) is 8.38. The summed E-state index contributed by atoms with van der Waals surface area (Å²) in [5.74, 6) is 2.17. The molecule has 29 heavy (non-hydrogen) atoms. The summed E-state index contributed by atoms with van der Waals surface area (Å²) in [7, 11) is 0. The van der Waals surface area contributed by atoms with Crippen molar-refractivity contribution in [2.24, 2.45) is 4.99 Å². The van der Waals surface area contributed by atoms with E-state index in [4.69, 9.17) is 9.15 Å². The van der Waals surface area contributed by atoms with Gasteiger partial charge in [0.25, 0.3) is 0 Å². The van der Waals surface area contributed by atoms with E-state index in [2.05, 4.69) is 33.8 Å². The lowest BCUT2D eigenvalue weighted by Crippen LogP contribution is -2.47. The van der Waals surface area contributed by atoms with Gasteiger partial charge in [-0.15, -0.1) is 0 Å². The van der Waals surface area contributed by atoms with Crippen molar-refractivity contribution in [1.82, 2.24) is 10.6 Å². The molecule has 0 amide bonds. The smallest absolute Gasteiger partial charge is 0.191 e. The molecule has 1 aliphatic carbocycles. The van der Waals surface area contributed by atoms with Gasteiger partial charge in [-0.25, -0.2) is 4.99 Å². The molecule has 2 aromatic rings. The van der Waals surface area contributed by atoms with Gasteiger partial charge in [-0.2, -0.15) is 0 Å². The van der Waals surface area contributed by atoms with Gasteiger partial charge < -0.3 is 24.9 Å². The topological polar surface area (TPSA) is 79.0 Å². The summed E-state index contributed by atoms with van der Waals surface area (Å²) in [6.07, 6.45) is 7.12. The van der Waals surface area contributed by atoms with E-state index in [9.17, 15) is 5.11 Å². The largest absolute Gasteiger partial charge is 0.487 e. The molecule has 3 N–H and O–H groups in total. The van der Waals surface area contributed by atoms with E-state index in [1.807, 2.05) is 13.0 Å². The van der Waals surface area contributed by atoms with Crippen LogP contribution in [0.5, 0.6) is 5.75 Å². The molecular formula is C23H31N3O3. The number of aliphatic hydroxyl groups is 1. The van der Waals surface area contributed by atoms with E-state index in [1.165, 1.54) is 12.8 Å². The molecule has 2 unspecified atom stereocenters. The van der Waals surface area contributed by atoms with Crippen molar-refractivity contribution < 1.29 is 14.3 Å². The van der Waals surface area contributed by atoms with Gasteiger partial charge in [0.1, 0.15) is 22.7 Å². The van der Waals surface area contributed by atoms with E-state index < -0.39 is 5.60 Å². The molecule has 4 rings (SSSR count). The maximum absolute atomic E-state index is 10.7. The van der Waals surface area contributed by atoms with Gasteiger partial charge in [0.2, 0.25) is 0 Å². The van der Waals surface area contributed by atoms with Gasteiger partial charge in [-0.1, -0.05) is 18.2 Å². The molecule has 1 saturated carbocycles. The Hall–Kier alpha value is -2.47. The normalized spacial score (nSPS) is 22.6. The molecule has 0 bridgehead atoms. The van der Waals surface area contributed by atoms with Crippen molar-refractivity contribution in [1.29, 1.82) is 0 Å². The van der Waals surface area contributed by atoms with Crippen LogP contribution in [0.25, 0.3) is 0 Å². The molecule has 156 valence electrons. The van der Waals surface area contributed by atoms with Gasteiger partial charge in [0.15, 0.2) is 5.96 Å². The fourth-order valence-electron chi connectivity index (χ4n) is 4.45. The van der Waals surface area contributed by atoms with Gasteiger partial charge in [0.05, 0.1) is 18.8 Å². The highest BCUT2D eigenvalue weighted by Gasteiger charge is 2.43. The van der Waals surface area contributed by atoms with Crippen molar-refractivity contribution in [2.45, 2.75) is 63.2 Å². The quantitative estimate of drug-likeness (QED) is 0.527. The Morgan fingerprint density at radius 2 is 2.03 bits per heavy atom. The van der Waals surface area contributed by atoms with E-state index in [0.29, 0.717) is 11.7 Å². The number of rotatable bonds is 5.